The van der Waals surface area contributed by atoms with Crippen LogP contribution >= 0.6 is 11.6 Å². The summed E-state index contributed by atoms with van der Waals surface area (Å²) in [5, 5.41) is 10.9. The molecule has 0 radical (unpaired) electrons. The van der Waals surface area contributed by atoms with Gasteiger partial charge in [0.2, 0.25) is 0 Å². The Balaban J connectivity index is 2.37. The van der Waals surface area contributed by atoms with Crippen LogP contribution in [0, 0.1) is 10.1 Å². The molecule has 1 amide bonds. The van der Waals surface area contributed by atoms with Crippen LogP contribution in [0.15, 0.2) is 12.3 Å². The Morgan fingerprint density at radius 3 is 2.81 bits per heavy atom. The van der Waals surface area contributed by atoms with Crippen molar-refractivity contribution in [2.24, 2.45) is 0 Å². The quantitative estimate of drug-likeness (QED) is 0.451. The van der Waals surface area contributed by atoms with Gasteiger partial charge in [-0.15, -0.1) is 0 Å². The van der Waals surface area contributed by atoms with Crippen LogP contribution in [0.4, 0.5) is 5.69 Å². The molecule has 1 fully saturated rings. The average Bonchev–Trinajstić information content (AvgIpc) is 2.36. The number of pyridine rings is 1. The summed E-state index contributed by atoms with van der Waals surface area (Å²) in [6.45, 7) is 1.59. The zero-order valence-corrected chi connectivity index (χ0v) is 12.6. The van der Waals surface area contributed by atoms with E-state index in [1.165, 1.54) is 4.90 Å². The van der Waals surface area contributed by atoms with Crippen LogP contribution in [0.25, 0.3) is 0 Å². The predicted molar refractivity (Wildman–Crippen MR) is 75.1 cm³/mol. The number of nitrogens with zero attached hydrogens (tertiary/aromatic N) is 3. The summed E-state index contributed by atoms with van der Waals surface area (Å²) in [4.78, 5) is 27.6. The van der Waals surface area contributed by atoms with Gasteiger partial charge < -0.3 is 4.90 Å². The molecule has 21 heavy (non-hydrogen) atoms. The second-order valence-corrected chi connectivity index (χ2v) is 7.36. The van der Waals surface area contributed by atoms with E-state index in [0.717, 1.165) is 12.3 Å². The summed E-state index contributed by atoms with van der Waals surface area (Å²) in [5.74, 6) is -0.936. The minimum absolute atomic E-state index is 0.000566. The molecule has 10 heteroatoms. The van der Waals surface area contributed by atoms with Gasteiger partial charge in [-0.1, -0.05) is 11.6 Å². The van der Waals surface area contributed by atoms with Crippen LogP contribution in [-0.4, -0.2) is 53.2 Å². The Kier molecular flexibility index (Phi) is 4.15. The number of amides is 1. The molecule has 0 N–H and O–H groups in total. The van der Waals surface area contributed by atoms with Crippen molar-refractivity contribution in [3.63, 3.8) is 0 Å². The van der Waals surface area contributed by atoms with Crippen molar-refractivity contribution in [3.05, 3.63) is 33.1 Å². The summed E-state index contributed by atoms with van der Waals surface area (Å²) < 4.78 is 23.0. The smallest absolute Gasteiger partial charge is 0.300 e. The third-order valence-electron chi connectivity index (χ3n) is 3.21. The van der Waals surface area contributed by atoms with Crippen molar-refractivity contribution in [2.75, 3.05) is 18.1 Å². The molecule has 114 valence electrons. The second-order valence-electron chi connectivity index (χ2n) is 4.74. The summed E-state index contributed by atoms with van der Waals surface area (Å²) in [5.41, 5.74) is -0.642. The van der Waals surface area contributed by atoms with Crippen molar-refractivity contribution in [1.29, 1.82) is 0 Å². The molecule has 1 atom stereocenters. The van der Waals surface area contributed by atoms with Gasteiger partial charge in [-0.2, -0.15) is 0 Å². The van der Waals surface area contributed by atoms with Crippen molar-refractivity contribution >= 4 is 33.0 Å². The topological polar surface area (TPSA) is 110 Å². The lowest BCUT2D eigenvalue weighted by molar-refractivity contribution is -0.385. The molecule has 1 aromatic heterocycles. The van der Waals surface area contributed by atoms with Gasteiger partial charge in [-0.3, -0.25) is 14.9 Å². The molecule has 2 rings (SSSR count). The number of hydrogen-bond donors (Lipinski definition) is 0. The van der Waals surface area contributed by atoms with Gasteiger partial charge in [0.05, 0.1) is 16.4 Å². The van der Waals surface area contributed by atoms with Crippen molar-refractivity contribution in [1.82, 2.24) is 9.88 Å². The maximum absolute atomic E-state index is 12.4. The maximum atomic E-state index is 12.4. The molecule has 0 spiro atoms. The van der Waals surface area contributed by atoms with E-state index in [4.69, 9.17) is 11.6 Å². The van der Waals surface area contributed by atoms with Gasteiger partial charge in [-0.25, -0.2) is 13.4 Å². The van der Waals surface area contributed by atoms with Crippen molar-refractivity contribution in [2.45, 2.75) is 13.0 Å². The minimum Gasteiger partial charge on any atom is -0.334 e. The standard InChI is InChI=1S/C11H12ClN3O5S/c1-7-6-21(19,20)3-2-14(7)11(16)8-4-10(12)13-5-9(8)15(17)18/h4-5,7H,2-3,6H2,1H3. The van der Waals surface area contributed by atoms with Gasteiger partial charge in [0.1, 0.15) is 16.9 Å². The number of hydrogen-bond acceptors (Lipinski definition) is 6. The minimum atomic E-state index is -3.18. The van der Waals surface area contributed by atoms with Crippen molar-refractivity contribution in [3.8, 4) is 0 Å². The van der Waals surface area contributed by atoms with Crippen molar-refractivity contribution < 1.29 is 18.1 Å². The summed E-state index contributed by atoms with van der Waals surface area (Å²) >= 11 is 5.69. The van der Waals surface area contributed by atoms with Crippen LogP contribution in [0.5, 0.6) is 0 Å². The average molecular weight is 334 g/mol. The zero-order chi connectivity index (χ0) is 15.8. The van der Waals surface area contributed by atoms with Crippen LogP contribution in [-0.2, 0) is 9.84 Å². The highest BCUT2D eigenvalue weighted by atomic mass is 35.5. The van der Waals surface area contributed by atoms with E-state index in [0.29, 0.717) is 0 Å². The molecule has 1 aliphatic rings. The van der Waals surface area contributed by atoms with Gasteiger partial charge in [0, 0.05) is 12.6 Å². The molecule has 1 unspecified atom stereocenters. The number of nitro groups is 1. The highest BCUT2D eigenvalue weighted by Crippen LogP contribution is 2.24. The summed E-state index contributed by atoms with van der Waals surface area (Å²) in [6, 6.07) is 0.570. The molecule has 0 aliphatic carbocycles. The molecule has 1 saturated heterocycles. The first-order chi connectivity index (χ1) is 9.71. The van der Waals surface area contributed by atoms with Gasteiger partial charge >= 0.3 is 0 Å². The molecule has 0 bridgehead atoms. The first-order valence-corrected chi connectivity index (χ1v) is 8.22. The van der Waals surface area contributed by atoms with E-state index >= 15 is 0 Å². The van der Waals surface area contributed by atoms with Crippen LogP contribution in [0.2, 0.25) is 5.15 Å². The Morgan fingerprint density at radius 2 is 2.24 bits per heavy atom. The predicted octanol–water partition coefficient (Wildman–Crippen LogP) is 0.902. The summed E-state index contributed by atoms with van der Waals surface area (Å²) in [6.07, 6.45) is 0.918. The van der Waals surface area contributed by atoms with Crippen LogP contribution < -0.4 is 0 Å². The number of sulfone groups is 1. The molecule has 0 aromatic carbocycles. The molecular formula is C11H12ClN3O5S. The number of rotatable bonds is 2. The lowest BCUT2D eigenvalue weighted by atomic mass is 10.1. The Hall–Kier alpha value is -1.74. The normalized spacial score (nSPS) is 21.0. The fourth-order valence-electron chi connectivity index (χ4n) is 2.19. The lowest BCUT2D eigenvalue weighted by Crippen LogP contribution is -2.49. The van der Waals surface area contributed by atoms with E-state index in [2.05, 4.69) is 4.98 Å². The third kappa shape index (κ3) is 3.30. The lowest BCUT2D eigenvalue weighted by Gasteiger charge is -2.33. The van der Waals surface area contributed by atoms with E-state index < -0.39 is 32.4 Å². The van der Waals surface area contributed by atoms with E-state index in [-0.39, 0.29) is 28.8 Å². The van der Waals surface area contributed by atoms with E-state index in [9.17, 15) is 23.3 Å². The van der Waals surface area contributed by atoms with E-state index in [1.807, 2.05) is 0 Å². The summed E-state index contributed by atoms with van der Waals surface area (Å²) in [7, 11) is -3.18. The fourth-order valence-corrected chi connectivity index (χ4v) is 3.91. The van der Waals surface area contributed by atoms with Crippen LogP contribution in [0.3, 0.4) is 0 Å². The molecule has 2 heterocycles. The molecule has 1 aliphatic heterocycles. The number of halogens is 1. The molecule has 1 aromatic rings. The Labute approximate surface area is 125 Å². The van der Waals surface area contributed by atoms with Gasteiger partial charge in [-0.05, 0) is 13.0 Å². The van der Waals surface area contributed by atoms with Gasteiger partial charge in [0.15, 0.2) is 9.84 Å². The third-order valence-corrected chi connectivity index (χ3v) is 5.21. The van der Waals surface area contributed by atoms with Gasteiger partial charge in [0.25, 0.3) is 11.6 Å². The number of aromatic nitrogens is 1. The maximum Gasteiger partial charge on any atom is 0.300 e. The number of carbonyl (C=O) groups is 1. The zero-order valence-electron chi connectivity index (χ0n) is 11.0. The SMILES string of the molecule is CC1CS(=O)(=O)CCN1C(=O)c1cc(Cl)ncc1[N+](=O)[O-]. The highest BCUT2D eigenvalue weighted by Gasteiger charge is 2.34. The number of carbonyl (C=O) groups excluding carboxylic acids is 1. The highest BCUT2D eigenvalue weighted by molar-refractivity contribution is 7.91. The van der Waals surface area contributed by atoms with E-state index in [1.54, 1.807) is 6.92 Å². The molecule has 0 saturated carbocycles. The molecule has 8 nitrogen and oxygen atoms in total. The second kappa shape index (κ2) is 5.57. The fraction of sp³-hybridized carbons (Fsp3) is 0.455. The Morgan fingerprint density at radius 1 is 1.57 bits per heavy atom. The first kappa shape index (κ1) is 15.6. The Bertz CT molecular complexity index is 706. The van der Waals surface area contributed by atoms with Crippen LogP contribution in [0.1, 0.15) is 17.3 Å². The molecular weight excluding hydrogens is 322 g/mol. The monoisotopic (exact) mass is 333 g/mol. The first-order valence-electron chi connectivity index (χ1n) is 6.02. The largest absolute Gasteiger partial charge is 0.334 e.